The molecular formula is C16H17ClN2O2. The molecule has 0 aliphatic heterocycles. The first-order valence-corrected chi connectivity index (χ1v) is 7.03. The molecule has 0 saturated heterocycles. The molecule has 1 aromatic carbocycles. The number of aromatic nitrogens is 1. The number of benzene rings is 1. The smallest absolute Gasteiger partial charge is 0.340 e. The van der Waals surface area contributed by atoms with Crippen LogP contribution in [0.4, 0.5) is 5.69 Å². The summed E-state index contributed by atoms with van der Waals surface area (Å²) in [6.45, 7) is 5.65. The van der Waals surface area contributed by atoms with Gasteiger partial charge in [0.2, 0.25) is 0 Å². The van der Waals surface area contributed by atoms with E-state index in [9.17, 15) is 4.79 Å². The van der Waals surface area contributed by atoms with Gasteiger partial charge in [-0.3, -0.25) is 4.98 Å². The van der Waals surface area contributed by atoms with Crippen molar-refractivity contribution in [3.05, 3.63) is 46.2 Å². The van der Waals surface area contributed by atoms with Crippen molar-refractivity contribution in [2.24, 2.45) is 0 Å². The lowest BCUT2D eigenvalue weighted by molar-refractivity contribution is 0.0526. The van der Waals surface area contributed by atoms with Crippen molar-refractivity contribution in [2.45, 2.75) is 20.8 Å². The lowest BCUT2D eigenvalue weighted by Gasteiger charge is -2.16. The number of carbonyl (C=O) groups excluding carboxylic acids is 1. The fraction of sp³-hybridized carbons (Fsp3) is 0.250. The van der Waals surface area contributed by atoms with Crippen LogP contribution in [0.1, 0.15) is 28.7 Å². The number of pyridine rings is 1. The van der Waals surface area contributed by atoms with Crippen LogP contribution in [0.3, 0.4) is 0 Å². The minimum absolute atomic E-state index is 0.298. The Hall–Kier alpha value is -2.07. The maximum absolute atomic E-state index is 12.2. The van der Waals surface area contributed by atoms with Crippen LogP contribution in [0.2, 0.25) is 5.02 Å². The van der Waals surface area contributed by atoms with Crippen molar-refractivity contribution in [1.82, 2.24) is 4.98 Å². The van der Waals surface area contributed by atoms with E-state index in [4.69, 9.17) is 22.1 Å². The molecule has 2 N–H and O–H groups in total. The van der Waals surface area contributed by atoms with Crippen molar-refractivity contribution >= 4 is 23.3 Å². The Morgan fingerprint density at radius 3 is 2.43 bits per heavy atom. The maximum Gasteiger partial charge on any atom is 0.340 e. The highest BCUT2D eigenvalue weighted by atomic mass is 35.5. The second-order valence-electron chi connectivity index (χ2n) is 4.67. The molecule has 2 rings (SSSR count). The zero-order valence-corrected chi connectivity index (χ0v) is 13.0. The number of rotatable bonds is 3. The van der Waals surface area contributed by atoms with Gasteiger partial charge in [0.05, 0.1) is 29.2 Å². The van der Waals surface area contributed by atoms with E-state index in [1.165, 1.54) is 0 Å². The van der Waals surface area contributed by atoms with Gasteiger partial charge in [0.25, 0.3) is 0 Å². The zero-order valence-electron chi connectivity index (χ0n) is 12.2. The lowest BCUT2D eigenvalue weighted by Crippen LogP contribution is -2.13. The van der Waals surface area contributed by atoms with Crippen molar-refractivity contribution in [3.63, 3.8) is 0 Å². The fourth-order valence-corrected chi connectivity index (χ4v) is 2.36. The molecule has 5 heteroatoms. The molecule has 0 aliphatic carbocycles. The van der Waals surface area contributed by atoms with Gasteiger partial charge in [0, 0.05) is 10.6 Å². The maximum atomic E-state index is 12.2. The number of aryl methyl sites for hydroxylation is 2. The van der Waals surface area contributed by atoms with Crippen LogP contribution in [0.25, 0.3) is 11.1 Å². The first-order chi connectivity index (χ1) is 9.95. The molecule has 1 aromatic heterocycles. The van der Waals surface area contributed by atoms with Crippen molar-refractivity contribution in [3.8, 4) is 11.1 Å². The normalized spacial score (nSPS) is 10.5. The monoisotopic (exact) mass is 304 g/mol. The van der Waals surface area contributed by atoms with E-state index in [2.05, 4.69) is 4.98 Å². The fourth-order valence-electron chi connectivity index (χ4n) is 2.23. The number of anilines is 1. The van der Waals surface area contributed by atoms with Gasteiger partial charge in [0.15, 0.2) is 0 Å². The molecule has 21 heavy (non-hydrogen) atoms. The molecule has 4 nitrogen and oxygen atoms in total. The molecule has 2 aromatic rings. The summed E-state index contributed by atoms with van der Waals surface area (Å²) in [5, 5.41) is 0.623. The molecule has 0 fully saturated rings. The van der Waals surface area contributed by atoms with Gasteiger partial charge in [-0.1, -0.05) is 23.7 Å². The third kappa shape index (κ3) is 3.00. The number of hydrogen-bond donors (Lipinski definition) is 1. The molecule has 0 unspecified atom stereocenters. The summed E-state index contributed by atoms with van der Waals surface area (Å²) in [6.07, 6.45) is 0. The summed E-state index contributed by atoms with van der Waals surface area (Å²) < 4.78 is 5.13. The molecule has 0 amide bonds. The Kier molecular flexibility index (Phi) is 4.48. The molecule has 0 saturated carbocycles. The van der Waals surface area contributed by atoms with Crippen molar-refractivity contribution in [1.29, 1.82) is 0 Å². The minimum Gasteiger partial charge on any atom is -0.462 e. The van der Waals surface area contributed by atoms with Gasteiger partial charge >= 0.3 is 5.97 Å². The van der Waals surface area contributed by atoms with Crippen LogP contribution in [0, 0.1) is 13.8 Å². The first kappa shape index (κ1) is 15.3. The van der Waals surface area contributed by atoms with E-state index < -0.39 is 5.97 Å². The number of esters is 1. The molecular weight excluding hydrogens is 288 g/mol. The summed E-state index contributed by atoms with van der Waals surface area (Å²) in [6, 6.07) is 7.18. The Bertz CT molecular complexity index is 682. The highest BCUT2D eigenvalue weighted by molar-refractivity contribution is 6.30. The van der Waals surface area contributed by atoms with Crippen LogP contribution >= 0.6 is 11.6 Å². The molecule has 0 radical (unpaired) electrons. The van der Waals surface area contributed by atoms with Gasteiger partial charge in [0.1, 0.15) is 0 Å². The van der Waals surface area contributed by atoms with Crippen LogP contribution in [-0.4, -0.2) is 17.6 Å². The van der Waals surface area contributed by atoms with E-state index >= 15 is 0 Å². The summed E-state index contributed by atoms with van der Waals surface area (Å²) in [5.41, 5.74) is 9.79. The number of nitrogens with zero attached hydrogens (tertiary/aromatic N) is 1. The number of ether oxygens (including phenoxy) is 1. The predicted molar refractivity (Wildman–Crippen MR) is 84.5 cm³/mol. The highest BCUT2D eigenvalue weighted by Crippen LogP contribution is 2.34. The standard InChI is InChI=1S/C16H17ClN2O2/c1-4-21-16(20)13-9(2)19-10(3)15(18)14(13)11-5-7-12(17)8-6-11/h5-8H,4,18H2,1-3H3. The van der Waals surface area contributed by atoms with Crippen molar-refractivity contribution in [2.75, 3.05) is 12.3 Å². The van der Waals surface area contributed by atoms with Gasteiger partial charge in [-0.25, -0.2) is 4.79 Å². The largest absolute Gasteiger partial charge is 0.462 e. The van der Waals surface area contributed by atoms with Gasteiger partial charge in [-0.15, -0.1) is 0 Å². The molecule has 0 bridgehead atoms. The molecule has 0 aliphatic rings. The average Bonchev–Trinajstić information content (AvgIpc) is 2.44. The zero-order chi connectivity index (χ0) is 15.6. The van der Waals surface area contributed by atoms with Gasteiger partial charge in [-0.2, -0.15) is 0 Å². The Balaban J connectivity index is 2.72. The third-order valence-electron chi connectivity index (χ3n) is 3.22. The quantitative estimate of drug-likeness (QED) is 0.876. The summed E-state index contributed by atoms with van der Waals surface area (Å²) in [5.74, 6) is -0.417. The van der Waals surface area contributed by atoms with E-state index in [1.54, 1.807) is 26.0 Å². The van der Waals surface area contributed by atoms with E-state index in [0.29, 0.717) is 39.8 Å². The molecule has 110 valence electrons. The molecule has 0 atom stereocenters. The minimum atomic E-state index is -0.417. The Morgan fingerprint density at radius 2 is 1.86 bits per heavy atom. The SMILES string of the molecule is CCOC(=O)c1c(C)nc(C)c(N)c1-c1ccc(Cl)cc1. The summed E-state index contributed by atoms with van der Waals surface area (Å²) in [7, 11) is 0. The summed E-state index contributed by atoms with van der Waals surface area (Å²) in [4.78, 5) is 16.6. The number of hydrogen-bond acceptors (Lipinski definition) is 4. The number of nitrogens with two attached hydrogens (primary N) is 1. The van der Waals surface area contributed by atoms with Crippen LogP contribution in [0.5, 0.6) is 0 Å². The predicted octanol–water partition coefficient (Wildman–Crippen LogP) is 3.78. The van der Waals surface area contributed by atoms with Crippen LogP contribution in [-0.2, 0) is 4.74 Å². The first-order valence-electron chi connectivity index (χ1n) is 6.65. The van der Waals surface area contributed by atoms with Crippen LogP contribution in [0.15, 0.2) is 24.3 Å². The second-order valence-corrected chi connectivity index (χ2v) is 5.11. The number of carbonyl (C=O) groups is 1. The van der Waals surface area contributed by atoms with Gasteiger partial charge in [-0.05, 0) is 38.5 Å². The van der Waals surface area contributed by atoms with Crippen molar-refractivity contribution < 1.29 is 9.53 Å². The Morgan fingerprint density at radius 1 is 1.24 bits per heavy atom. The second kappa shape index (κ2) is 6.14. The lowest BCUT2D eigenvalue weighted by atomic mass is 9.96. The number of halogens is 1. The van der Waals surface area contributed by atoms with E-state index in [-0.39, 0.29) is 0 Å². The third-order valence-corrected chi connectivity index (χ3v) is 3.47. The summed E-state index contributed by atoms with van der Waals surface area (Å²) >= 11 is 5.92. The Labute approximate surface area is 128 Å². The molecule has 0 spiro atoms. The topological polar surface area (TPSA) is 65.2 Å². The molecule has 1 heterocycles. The van der Waals surface area contributed by atoms with E-state index in [1.807, 2.05) is 19.1 Å². The van der Waals surface area contributed by atoms with Gasteiger partial charge < -0.3 is 10.5 Å². The van der Waals surface area contributed by atoms with Crippen LogP contribution < -0.4 is 5.73 Å². The average molecular weight is 305 g/mol. The van der Waals surface area contributed by atoms with E-state index in [0.717, 1.165) is 5.56 Å². The highest BCUT2D eigenvalue weighted by Gasteiger charge is 2.22. The number of nitrogen functional groups attached to an aromatic ring is 1.